The molecule has 364 valence electrons. The van der Waals surface area contributed by atoms with E-state index in [1.54, 1.807) is 35.2 Å². The fraction of sp³-hybridized carbons (Fsp3) is 0.446. The van der Waals surface area contributed by atoms with Crippen molar-refractivity contribution in [2.45, 2.75) is 88.2 Å². The van der Waals surface area contributed by atoms with E-state index in [-0.39, 0.29) is 76.3 Å². The number of carbonyl (C=O) groups excluding carboxylic acids is 1. The predicted octanol–water partition coefficient (Wildman–Crippen LogP) is 9.33. The van der Waals surface area contributed by atoms with Crippen molar-refractivity contribution >= 4 is 11.6 Å². The number of fused-ring (bicyclic) bond motifs is 2. The number of carbonyl (C=O) groups is 1. The van der Waals surface area contributed by atoms with Crippen LogP contribution >= 0.6 is 0 Å². The van der Waals surface area contributed by atoms with Gasteiger partial charge in [-0.25, -0.2) is 0 Å². The number of amides is 1. The van der Waals surface area contributed by atoms with Gasteiger partial charge in [-0.3, -0.25) is 4.79 Å². The molecule has 4 aromatic carbocycles. The Kier molecular flexibility index (Phi) is 17.3. The van der Waals surface area contributed by atoms with Gasteiger partial charge in [-0.15, -0.1) is 6.58 Å². The van der Waals surface area contributed by atoms with Crippen molar-refractivity contribution in [2.24, 2.45) is 22.9 Å². The lowest BCUT2D eigenvalue weighted by molar-refractivity contribution is -0.255. The van der Waals surface area contributed by atoms with Gasteiger partial charge in [0.25, 0.3) is 5.91 Å². The summed E-state index contributed by atoms with van der Waals surface area (Å²) in [6.07, 6.45) is 10.6. The van der Waals surface area contributed by atoms with E-state index in [9.17, 15) is 20.6 Å². The topological polar surface area (TPSA) is 173 Å². The van der Waals surface area contributed by atoms with Crippen molar-refractivity contribution in [2.75, 3.05) is 52.8 Å². The maximum absolute atomic E-state index is 15.2. The van der Waals surface area contributed by atoms with Crippen LogP contribution in [0.1, 0.15) is 91.6 Å². The van der Waals surface area contributed by atoms with Crippen LogP contribution in [0.3, 0.4) is 0 Å². The molecule has 7 atom stereocenters. The zero-order valence-electron chi connectivity index (χ0n) is 39.3. The molecule has 2 aliphatic carbocycles. The zero-order valence-corrected chi connectivity index (χ0v) is 39.3. The van der Waals surface area contributed by atoms with Gasteiger partial charge >= 0.3 is 0 Å². The molecule has 1 saturated carbocycles. The van der Waals surface area contributed by atoms with E-state index in [0.29, 0.717) is 60.0 Å². The summed E-state index contributed by atoms with van der Waals surface area (Å²) in [7, 11) is 0. The molecule has 1 unspecified atom stereocenters. The highest BCUT2D eigenvalue weighted by Crippen LogP contribution is 2.62. The molecular weight excluding hydrogens is 875 g/mol. The summed E-state index contributed by atoms with van der Waals surface area (Å²) < 4.78 is 33.1. The third-order valence-corrected chi connectivity index (χ3v) is 13.9. The first-order chi connectivity index (χ1) is 33.9. The highest BCUT2D eigenvalue weighted by molar-refractivity contribution is 6.03. The van der Waals surface area contributed by atoms with Gasteiger partial charge in [0.15, 0.2) is 0 Å². The number of aliphatic hydroxyl groups is 3. The largest absolute Gasteiger partial charge is 0.459 e. The number of aliphatic hydroxyl groups excluding tert-OH is 3. The maximum atomic E-state index is 15.2. The minimum Gasteiger partial charge on any atom is -0.459 e. The third-order valence-electron chi connectivity index (χ3n) is 13.9. The van der Waals surface area contributed by atoms with Crippen LogP contribution in [0.4, 0.5) is 0 Å². The molecule has 0 spiro atoms. The minimum absolute atomic E-state index is 0.00286. The lowest BCUT2D eigenvalue weighted by Crippen LogP contribution is -2.70. The maximum Gasteiger partial charge on any atom is 0.254 e. The molecule has 2 heterocycles. The molecular formula is C56H65N3O10. The first-order valence-corrected chi connectivity index (χ1v) is 24.6. The van der Waals surface area contributed by atoms with Crippen LogP contribution in [0.15, 0.2) is 127 Å². The summed E-state index contributed by atoms with van der Waals surface area (Å²) >= 11 is 0. The molecule has 69 heavy (non-hydrogen) atoms. The van der Waals surface area contributed by atoms with E-state index in [2.05, 4.69) is 36.9 Å². The molecule has 1 saturated heterocycles. The average molecular weight is 940 g/mol. The Bertz CT molecular complexity index is 2410. The summed E-state index contributed by atoms with van der Waals surface area (Å²) in [6.45, 7) is 4.98. The van der Waals surface area contributed by atoms with Crippen molar-refractivity contribution in [3.8, 4) is 34.4 Å². The molecule has 0 radical (unpaired) electrons. The average Bonchev–Trinajstić information content (AvgIpc) is 3.39. The number of nitriles is 1. The molecule has 13 nitrogen and oxygen atoms in total. The van der Waals surface area contributed by atoms with E-state index in [1.165, 1.54) is 0 Å². The molecule has 4 aromatic rings. The Hall–Kier alpha value is -5.85. The second-order valence-electron chi connectivity index (χ2n) is 18.2. The Morgan fingerprint density at radius 3 is 2.35 bits per heavy atom. The van der Waals surface area contributed by atoms with Crippen LogP contribution in [-0.4, -0.2) is 103 Å². The number of ether oxygens (including phenoxy) is 5. The van der Waals surface area contributed by atoms with Crippen LogP contribution in [0.5, 0.6) is 17.2 Å². The van der Waals surface area contributed by atoms with E-state index in [1.807, 2.05) is 54.6 Å². The van der Waals surface area contributed by atoms with Gasteiger partial charge in [0.1, 0.15) is 23.3 Å². The summed E-state index contributed by atoms with van der Waals surface area (Å²) in [5, 5.41) is 44.4. The molecule has 13 heteroatoms. The Morgan fingerprint density at radius 1 is 0.884 bits per heavy atom. The second kappa shape index (κ2) is 24.1. The van der Waals surface area contributed by atoms with E-state index >= 15 is 4.79 Å². The summed E-state index contributed by atoms with van der Waals surface area (Å²) in [5.41, 5.74) is 5.45. The van der Waals surface area contributed by atoms with Crippen LogP contribution in [0.2, 0.25) is 0 Å². The third kappa shape index (κ3) is 11.4. The van der Waals surface area contributed by atoms with Crippen LogP contribution in [-0.2, 0) is 19.0 Å². The van der Waals surface area contributed by atoms with Gasteiger partial charge in [-0.1, -0.05) is 72.6 Å². The molecule has 8 rings (SSSR count). The second-order valence-corrected chi connectivity index (χ2v) is 18.2. The van der Waals surface area contributed by atoms with Gasteiger partial charge in [0, 0.05) is 49.6 Å². The Balaban J connectivity index is 1.30. The molecule has 4 aliphatic rings. The molecule has 2 fully saturated rings. The molecule has 0 bridgehead atoms. The predicted molar refractivity (Wildman–Crippen MR) is 262 cm³/mol. The van der Waals surface area contributed by atoms with Gasteiger partial charge in [-0.2, -0.15) is 5.26 Å². The number of unbranched alkanes of at least 4 members (excludes halogenated alkanes) is 2. The Labute approximate surface area is 405 Å². The number of benzene rings is 4. The van der Waals surface area contributed by atoms with Crippen LogP contribution in [0.25, 0.3) is 11.1 Å². The van der Waals surface area contributed by atoms with E-state index < -0.39 is 24.0 Å². The highest BCUT2D eigenvalue weighted by atomic mass is 16.8. The first-order valence-electron chi connectivity index (χ1n) is 24.6. The quantitative estimate of drug-likeness (QED) is 0.0368. The smallest absolute Gasteiger partial charge is 0.254 e. The fourth-order valence-corrected chi connectivity index (χ4v) is 10.7. The van der Waals surface area contributed by atoms with Crippen LogP contribution in [0, 0.1) is 29.1 Å². The van der Waals surface area contributed by atoms with E-state index in [4.69, 9.17) is 33.7 Å². The number of rotatable bonds is 23. The van der Waals surface area contributed by atoms with Crippen molar-refractivity contribution in [3.63, 3.8) is 0 Å². The van der Waals surface area contributed by atoms with E-state index in [0.717, 1.165) is 60.8 Å². The highest BCUT2D eigenvalue weighted by Gasteiger charge is 2.65. The van der Waals surface area contributed by atoms with Gasteiger partial charge in [0.05, 0.1) is 56.3 Å². The number of oxime groups is 1. The first kappa shape index (κ1) is 49.6. The molecule has 0 aromatic heterocycles. The van der Waals surface area contributed by atoms with Crippen LogP contribution < -0.4 is 9.47 Å². The normalized spacial score (nSPS) is 24.2. The SMILES string of the molecule is C=CCO[C@@]12Oc3ccc(Oc4ccc(-c5ccccc5)cc4)cc3[C@H]3[C@H](CCCCO)[C@@H](CCCCO)C=C(C(=NOC4CCCCO4)C[C@@H]1N(CCOCCO)C(=O)c1ccc(C#N)cc1)[C@H]32. The number of hydrogen-bond donors (Lipinski definition) is 3. The minimum atomic E-state index is -1.52. The lowest BCUT2D eigenvalue weighted by atomic mass is 9.55. The molecule has 1 amide bonds. The number of nitrogens with zero attached hydrogens (tertiary/aromatic N) is 3. The monoisotopic (exact) mass is 939 g/mol. The van der Waals surface area contributed by atoms with Gasteiger partial charge in [0.2, 0.25) is 12.1 Å². The number of allylic oxidation sites excluding steroid dienone is 1. The van der Waals surface area contributed by atoms with Crippen molar-refractivity contribution in [3.05, 3.63) is 138 Å². The van der Waals surface area contributed by atoms with Crippen molar-refractivity contribution < 1.29 is 48.6 Å². The number of hydrogen-bond acceptors (Lipinski definition) is 12. The summed E-state index contributed by atoms with van der Waals surface area (Å²) in [6, 6.07) is 32.0. The lowest BCUT2D eigenvalue weighted by Gasteiger charge is -2.60. The van der Waals surface area contributed by atoms with Gasteiger partial charge < -0.3 is 48.7 Å². The van der Waals surface area contributed by atoms with Crippen molar-refractivity contribution in [1.29, 1.82) is 5.26 Å². The van der Waals surface area contributed by atoms with Crippen molar-refractivity contribution in [1.82, 2.24) is 4.90 Å². The zero-order chi connectivity index (χ0) is 48.0. The standard InChI is InChI=1S/C56H65N3O10/c1-2-31-66-56-51(59(27-33-64-34-30-62)55(63)42-19-17-39(38-57)18-20-42)37-49(58-69-52-16-8-11-32-65-52)47-35-43(14-6-9-28-60)46(15-7-10-29-61)53(54(47)56)48-36-45(25-26-50(48)68-56)67-44-23-21-41(22-24-44)40-12-4-3-5-13-40/h2-5,12-13,17-26,35-36,43,46,51-54,60-62H,1,6-11,14-16,27-34,37H2/t43-,46+,51-,52?,53+,54+,56+/m0/s1. The molecule has 3 N–H and O–H groups in total. The Morgan fingerprint density at radius 2 is 1.64 bits per heavy atom. The fourth-order valence-electron chi connectivity index (χ4n) is 10.7. The summed E-state index contributed by atoms with van der Waals surface area (Å²) in [4.78, 5) is 23.2. The summed E-state index contributed by atoms with van der Waals surface area (Å²) in [5.74, 6) is -0.755. The molecule has 2 aliphatic heterocycles. The van der Waals surface area contributed by atoms with Gasteiger partial charge in [-0.05, 0) is 122 Å².